The molecule has 0 saturated carbocycles. The minimum atomic E-state index is 0.449. The Labute approximate surface area is 101 Å². The van der Waals surface area contributed by atoms with Crippen molar-refractivity contribution in [1.29, 1.82) is 0 Å². The van der Waals surface area contributed by atoms with E-state index in [1.807, 2.05) is 12.1 Å². The monoisotopic (exact) mass is 259 g/mol. The highest BCUT2D eigenvalue weighted by Gasteiger charge is 2.02. The molecule has 2 rings (SSSR count). The molecule has 0 aliphatic heterocycles. The Bertz CT molecular complexity index is 532. The van der Waals surface area contributed by atoms with Crippen LogP contribution in [-0.2, 0) is 6.42 Å². The van der Waals surface area contributed by atoms with Crippen molar-refractivity contribution in [3.8, 4) is 0 Å². The molecule has 0 atom stereocenters. The first-order valence-electron chi connectivity index (χ1n) is 4.22. The average Bonchev–Trinajstić information content (AvgIpc) is 2.58. The first-order chi connectivity index (χ1) is 7.15. The third-order valence-electron chi connectivity index (χ3n) is 1.91. The zero-order valence-corrected chi connectivity index (χ0v) is 9.88. The first-order valence-corrected chi connectivity index (χ1v) is 5.39. The fourth-order valence-electron chi connectivity index (χ4n) is 1.23. The van der Waals surface area contributed by atoms with Gasteiger partial charge in [0.25, 0.3) is 0 Å². The normalized spacial score (nSPS) is 10.5. The van der Waals surface area contributed by atoms with Gasteiger partial charge in [0.15, 0.2) is 0 Å². The van der Waals surface area contributed by atoms with Crippen LogP contribution in [0.5, 0.6) is 0 Å². The number of aromatic nitrogens is 3. The van der Waals surface area contributed by atoms with Crippen LogP contribution in [0.25, 0.3) is 0 Å². The van der Waals surface area contributed by atoms with Gasteiger partial charge in [-0.15, -0.1) is 0 Å². The predicted octanol–water partition coefficient (Wildman–Crippen LogP) is 3.36. The fraction of sp³-hybridized carbons (Fsp3) is 0.111. The summed E-state index contributed by atoms with van der Waals surface area (Å²) in [5, 5.41) is 6.70. The number of halogens is 2. The number of aromatic amines is 2. The quantitative estimate of drug-likeness (QED) is 0.813. The molecule has 2 N–H and O–H groups in total. The van der Waals surface area contributed by atoms with Crippen molar-refractivity contribution in [1.82, 2.24) is 15.2 Å². The summed E-state index contributed by atoms with van der Waals surface area (Å²) in [6.45, 7) is 0. The molecular weight excluding hydrogens is 253 g/mol. The number of H-pyrrole nitrogens is 2. The van der Waals surface area contributed by atoms with E-state index in [1.165, 1.54) is 0 Å². The number of nitrogens with one attached hydrogen (secondary N) is 2. The van der Waals surface area contributed by atoms with Crippen molar-refractivity contribution in [2.75, 3.05) is 0 Å². The van der Waals surface area contributed by atoms with Crippen LogP contribution in [-0.4, -0.2) is 15.2 Å². The molecule has 0 radical (unpaired) electrons. The second-order valence-electron chi connectivity index (χ2n) is 3.04. The van der Waals surface area contributed by atoms with Gasteiger partial charge in [-0.05, 0) is 29.9 Å². The summed E-state index contributed by atoms with van der Waals surface area (Å²) in [7, 11) is 0. The molecule has 1 aromatic carbocycles. The predicted molar refractivity (Wildman–Crippen MR) is 63.0 cm³/mol. The van der Waals surface area contributed by atoms with Crippen molar-refractivity contribution < 1.29 is 0 Å². The summed E-state index contributed by atoms with van der Waals surface area (Å²) in [6, 6.07) is 5.48. The van der Waals surface area contributed by atoms with Crippen LogP contribution in [0.1, 0.15) is 11.4 Å². The highest BCUT2D eigenvalue weighted by Crippen LogP contribution is 2.23. The lowest BCUT2D eigenvalue weighted by atomic mass is 10.1. The van der Waals surface area contributed by atoms with Gasteiger partial charge in [-0.2, -0.15) is 0 Å². The van der Waals surface area contributed by atoms with E-state index >= 15 is 0 Å². The number of nitrogens with zero attached hydrogens (tertiary/aromatic N) is 1. The maximum atomic E-state index is 5.89. The Morgan fingerprint density at radius 1 is 1.20 bits per heavy atom. The van der Waals surface area contributed by atoms with Gasteiger partial charge in [0.2, 0.25) is 4.77 Å². The lowest BCUT2D eigenvalue weighted by Crippen LogP contribution is -1.90. The Kier molecular flexibility index (Phi) is 3.09. The third-order valence-corrected chi connectivity index (χ3v) is 2.84. The molecule has 15 heavy (non-hydrogen) atoms. The summed E-state index contributed by atoms with van der Waals surface area (Å²) in [5.41, 5.74) is 1.03. The van der Waals surface area contributed by atoms with E-state index in [0.717, 1.165) is 11.4 Å². The van der Waals surface area contributed by atoms with Crippen molar-refractivity contribution >= 4 is 35.4 Å². The van der Waals surface area contributed by atoms with E-state index in [0.29, 0.717) is 21.2 Å². The first kappa shape index (κ1) is 10.7. The van der Waals surface area contributed by atoms with Gasteiger partial charge in [-0.1, -0.05) is 29.3 Å². The van der Waals surface area contributed by atoms with Crippen LogP contribution in [0, 0.1) is 4.77 Å². The molecule has 0 unspecified atom stereocenters. The zero-order chi connectivity index (χ0) is 10.8. The van der Waals surface area contributed by atoms with E-state index in [-0.39, 0.29) is 0 Å². The van der Waals surface area contributed by atoms with Gasteiger partial charge in [0.05, 0.1) is 10.0 Å². The molecule has 2 aromatic rings. The molecule has 6 heteroatoms. The van der Waals surface area contributed by atoms with E-state index in [9.17, 15) is 0 Å². The minimum Gasteiger partial charge on any atom is -0.285 e. The van der Waals surface area contributed by atoms with Crippen molar-refractivity contribution in [3.63, 3.8) is 0 Å². The molecule has 0 saturated heterocycles. The van der Waals surface area contributed by atoms with E-state index in [2.05, 4.69) is 15.2 Å². The van der Waals surface area contributed by atoms with Crippen LogP contribution in [0.4, 0.5) is 0 Å². The standard InChI is InChI=1S/C9H7Cl2N3S/c10-6-2-1-5(3-7(6)11)4-8-12-9(15)14-13-8/h1-3H,4H2,(H2,12,13,14,15). The number of hydrogen-bond acceptors (Lipinski definition) is 2. The van der Waals surface area contributed by atoms with Gasteiger partial charge in [-0.25, -0.2) is 4.98 Å². The lowest BCUT2D eigenvalue weighted by molar-refractivity contribution is 0.972. The van der Waals surface area contributed by atoms with E-state index in [4.69, 9.17) is 35.4 Å². The van der Waals surface area contributed by atoms with Gasteiger partial charge < -0.3 is 0 Å². The molecule has 0 fully saturated rings. The Hall–Kier alpha value is -0.840. The van der Waals surface area contributed by atoms with Gasteiger partial charge >= 0.3 is 0 Å². The van der Waals surface area contributed by atoms with Crippen molar-refractivity contribution in [2.45, 2.75) is 6.42 Å². The maximum Gasteiger partial charge on any atom is 0.213 e. The molecule has 0 amide bonds. The summed E-state index contributed by atoms with van der Waals surface area (Å²) in [5.74, 6) is 0.776. The molecule has 1 aromatic heterocycles. The summed E-state index contributed by atoms with van der Waals surface area (Å²) in [4.78, 5) is 4.09. The van der Waals surface area contributed by atoms with Crippen LogP contribution in [0.15, 0.2) is 18.2 Å². The zero-order valence-electron chi connectivity index (χ0n) is 7.55. The highest BCUT2D eigenvalue weighted by atomic mass is 35.5. The van der Waals surface area contributed by atoms with Crippen LogP contribution < -0.4 is 0 Å². The van der Waals surface area contributed by atoms with Gasteiger partial charge in [0.1, 0.15) is 5.82 Å². The van der Waals surface area contributed by atoms with Crippen LogP contribution in [0.2, 0.25) is 10.0 Å². The number of benzene rings is 1. The summed E-state index contributed by atoms with van der Waals surface area (Å²) < 4.78 is 0.449. The minimum absolute atomic E-state index is 0.449. The smallest absolute Gasteiger partial charge is 0.213 e. The SMILES string of the molecule is S=c1nc(Cc2ccc(Cl)c(Cl)c2)[nH][nH]1. The molecular formula is C9H7Cl2N3S. The number of rotatable bonds is 2. The number of hydrogen-bond donors (Lipinski definition) is 2. The van der Waals surface area contributed by atoms with E-state index < -0.39 is 0 Å². The molecule has 0 aliphatic rings. The Morgan fingerprint density at radius 2 is 2.00 bits per heavy atom. The second kappa shape index (κ2) is 4.35. The lowest BCUT2D eigenvalue weighted by Gasteiger charge is -2.00. The molecule has 78 valence electrons. The average molecular weight is 260 g/mol. The fourth-order valence-corrected chi connectivity index (χ4v) is 1.71. The Balaban J connectivity index is 2.24. The van der Waals surface area contributed by atoms with Crippen molar-refractivity contribution in [3.05, 3.63) is 44.4 Å². The van der Waals surface area contributed by atoms with E-state index in [1.54, 1.807) is 6.07 Å². The molecule has 0 aliphatic carbocycles. The van der Waals surface area contributed by atoms with Gasteiger partial charge in [-0.3, -0.25) is 10.2 Å². The third kappa shape index (κ3) is 2.59. The second-order valence-corrected chi connectivity index (χ2v) is 4.24. The van der Waals surface area contributed by atoms with Crippen LogP contribution in [0.3, 0.4) is 0 Å². The van der Waals surface area contributed by atoms with Gasteiger partial charge in [0, 0.05) is 6.42 Å². The topological polar surface area (TPSA) is 44.5 Å². The van der Waals surface area contributed by atoms with Crippen molar-refractivity contribution in [2.24, 2.45) is 0 Å². The molecule has 0 bridgehead atoms. The molecule has 0 spiro atoms. The molecule has 1 heterocycles. The Morgan fingerprint density at radius 3 is 2.60 bits per heavy atom. The largest absolute Gasteiger partial charge is 0.285 e. The van der Waals surface area contributed by atoms with Crippen LogP contribution >= 0.6 is 35.4 Å². The summed E-state index contributed by atoms with van der Waals surface area (Å²) in [6.07, 6.45) is 0.643. The highest BCUT2D eigenvalue weighted by molar-refractivity contribution is 7.71. The molecule has 3 nitrogen and oxygen atoms in total. The summed E-state index contributed by atoms with van der Waals surface area (Å²) >= 11 is 16.6. The maximum absolute atomic E-state index is 5.89.